The van der Waals surface area contributed by atoms with Crippen molar-refractivity contribution in [2.45, 2.75) is 12.8 Å². The van der Waals surface area contributed by atoms with E-state index in [1.54, 1.807) is 0 Å². The lowest BCUT2D eigenvalue weighted by atomic mass is 10.1. The highest BCUT2D eigenvalue weighted by Gasteiger charge is 2.22. The van der Waals surface area contributed by atoms with Crippen LogP contribution < -0.4 is 10.6 Å². The van der Waals surface area contributed by atoms with Gasteiger partial charge in [-0.05, 0) is 48.5 Å². The first kappa shape index (κ1) is 23.5. The third kappa shape index (κ3) is 6.64. The summed E-state index contributed by atoms with van der Waals surface area (Å²) in [6.45, 7) is 0. The average molecular weight is 448 g/mol. The fourth-order valence-electron chi connectivity index (χ4n) is 2.66. The molecule has 0 spiro atoms. The van der Waals surface area contributed by atoms with Crippen LogP contribution in [0.1, 0.15) is 33.6 Å². The second-order valence-corrected chi connectivity index (χ2v) is 8.85. The maximum atomic E-state index is 12.9. The first-order valence-electron chi connectivity index (χ1n) is 8.98. The van der Waals surface area contributed by atoms with Gasteiger partial charge in [-0.1, -0.05) is 0 Å². The van der Waals surface area contributed by atoms with E-state index in [2.05, 4.69) is 0 Å². The zero-order valence-electron chi connectivity index (χ0n) is 16.2. The van der Waals surface area contributed by atoms with E-state index in [4.69, 9.17) is 15.9 Å². The van der Waals surface area contributed by atoms with E-state index >= 15 is 0 Å². The number of carboxylic acid groups (broad SMARTS) is 2. The number of benzene rings is 2. The number of carbonyl (C=O) groups excluding carboxylic acids is 2. The van der Waals surface area contributed by atoms with Crippen LogP contribution in [0.15, 0.2) is 48.5 Å². The summed E-state index contributed by atoms with van der Waals surface area (Å²) in [7, 11) is -3.71. The Morgan fingerprint density at radius 3 is 1.48 bits per heavy atom. The highest BCUT2D eigenvalue weighted by atomic mass is 32.2. The fourth-order valence-corrected chi connectivity index (χ4v) is 3.86. The monoisotopic (exact) mass is 448 g/mol. The molecule has 0 fully saturated rings. The number of carboxylic acids is 2. The Hall–Kier alpha value is -3.73. The van der Waals surface area contributed by atoms with E-state index in [1.807, 2.05) is 0 Å². The van der Waals surface area contributed by atoms with Crippen molar-refractivity contribution in [1.29, 1.82) is 0 Å². The van der Waals surface area contributed by atoms with Crippen molar-refractivity contribution < 1.29 is 37.8 Å². The van der Waals surface area contributed by atoms with Crippen LogP contribution in [0.2, 0.25) is 0 Å². The summed E-state index contributed by atoms with van der Waals surface area (Å²) in [6.07, 6.45) is -0.768. The predicted molar refractivity (Wildman–Crippen MR) is 111 cm³/mol. The Morgan fingerprint density at radius 1 is 0.742 bits per heavy atom. The minimum Gasteiger partial charge on any atom is -0.478 e. The van der Waals surface area contributed by atoms with Gasteiger partial charge in [-0.2, -0.15) is 0 Å². The van der Waals surface area contributed by atoms with Crippen molar-refractivity contribution in [3.05, 3.63) is 59.7 Å². The van der Waals surface area contributed by atoms with E-state index in [0.29, 0.717) is 0 Å². The van der Waals surface area contributed by atoms with Gasteiger partial charge >= 0.3 is 11.9 Å². The van der Waals surface area contributed by atoms with E-state index in [-0.39, 0.29) is 28.9 Å². The normalized spacial score (nSPS) is 11.0. The van der Waals surface area contributed by atoms with Gasteiger partial charge in [0.05, 0.1) is 22.6 Å². The molecule has 0 aliphatic heterocycles. The van der Waals surface area contributed by atoms with Crippen molar-refractivity contribution in [1.82, 2.24) is 0 Å². The number of nitrogens with two attached hydrogens (primary N) is 1. The van der Waals surface area contributed by atoms with Crippen LogP contribution in [0.5, 0.6) is 0 Å². The Labute approximate surface area is 177 Å². The number of amides is 2. The number of hydrogen-bond donors (Lipinski definition) is 3. The van der Waals surface area contributed by atoms with Gasteiger partial charge in [0.2, 0.25) is 11.8 Å². The summed E-state index contributed by atoms with van der Waals surface area (Å²) in [5, 5.41) is 18.1. The summed E-state index contributed by atoms with van der Waals surface area (Å²) in [4.78, 5) is 47.0. The number of carbonyl (C=O) groups is 4. The lowest BCUT2D eigenvalue weighted by Gasteiger charge is -2.23. The zero-order chi connectivity index (χ0) is 23.2. The van der Waals surface area contributed by atoms with Gasteiger partial charge in [-0.15, -0.1) is 0 Å². The molecule has 31 heavy (non-hydrogen) atoms. The summed E-state index contributed by atoms with van der Waals surface area (Å²) in [6, 6.07) is 10.7. The third-order valence-electron chi connectivity index (χ3n) is 4.28. The number of nitrogens with zero attached hydrogens (tertiary/aromatic N) is 1. The fraction of sp³-hybridized carbons (Fsp3) is 0.200. The van der Waals surface area contributed by atoms with Gasteiger partial charge in [0.25, 0.3) is 0 Å². The number of sulfone groups is 1. The molecule has 0 radical (unpaired) electrons. The molecule has 0 aromatic heterocycles. The number of hydrogen-bond acceptors (Lipinski definition) is 6. The van der Waals surface area contributed by atoms with Gasteiger partial charge in [0, 0.05) is 24.2 Å². The van der Waals surface area contributed by atoms with Gasteiger partial charge in [-0.3, -0.25) is 14.5 Å². The molecule has 0 saturated heterocycles. The van der Waals surface area contributed by atoms with E-state index < -0.39 is 51.5 Å². The molecule has 2 aromatic carbocycles. The summed E-state index contributed by atoms with van der Waals surface area (Å²) >= 11 is 0. The standard InChI is InChI=1S/C20H20N2O8S/c21-17(23)9-11-31(29,30)12-10-18(24)22(15-5-1-13(2-6-15)19(25)26)16-7-3-14(4-8-16)20(27)28/h1-8H,9-12H2,(H2,21,23)(H,25,26)(H,27,28). The Morgan fingerprint density at radius 2 is 1.13 bits per heavy atom. The maximum absolute atomic E-state index is 12.9. The molecular formula is C20H20N2O8S. The molecule has 0 unspecified atom stereocenters. The van der Waals surface area contributed by atoms with Crippen LogP contribution in [-0.4, -0.2) is 53.9 Å². The van der Waals surface area contributed by atoms with Gasteiger partial charge < -0.3 is 15.9 Å². The predicted octanol–water partition coefficient (Wildman–Crippen LogP) is 1.43. The molecule has 0 aliphatic rings. The smallest absolute Gasteiger partial charge is 0.335 e. The van der Waals surface area contributed by atoms with Crippen LogP contribution in [0, 0.1) is 0 Å². The first-order chi connectivity index (χ1) is 14.5. The Balaban J connectivity index is 2.32. The third-order valence-corrected chi connectivity index (χ3v) is 5.93. The largest absolute Gasteiger partial charge is 0.478 e. The van der Waals surface area contributed by atoms with Crippen molar-refractivity contribution >= 4 is 45.0 Å². The second-order valence-electron chi connectivity index (χ2n) is 6.55. The van der Waals surface area contributed by atoms with Gasteiger partial charge in [0.15, 0.2) is 9.84 Å². The van der Waals surface area contributed by atoms with Gasteiger partial charge in [0.1, 0.15) is 0 Å². The summed E-state index contributed by atoms with van der Waals surface area (Å²) < 4.78 is 24.1. The molecule has 0 atom stereocenters. The lowest BCUT2D eigenvalue weighted by molar-refractivity contribution is -0.118. The summed E-state index contributed by atoms with van der Waals surface area (Å²) in [5.41, 5.74) is 5.49. The lowest BCUT2D eigenvalue weighted by Crippen LogP contribution is -2.29. The van der Waals surface area contributed by atoms with Crippen LogP contribution in [0.4, 0.5) is 11.4 Å². The van der Waals surface area contributed by atoms with Gasteiger partial charge in [-0.25, -0.2) is 18.0 Å². The zero-order valence-corrected chi connectivity index (χ0v) is 17.0. The van der Waals surface area contributed by atoms with Crippen LogP contribution >= 0.6 is 0 Å². The highest BCUT2D eigenvalue weighted by Crippen LogP contribution is 2.27. The number of primary amides is 1. The van der Waals surface area contributed by atoms with Crippen LogP contribution in [-0.2, 0) is 19.4 Å². The molecule has 0 aliphatic carbocycles. The molecule has 2 rings (SSSR count). The molecule has 4 N–H and O–H groups in total. The molecule has 0 heterocycles. The molecule has 0 bridgehead atoms. The summed E-state index contributed by atoms with van der Waals surface area (Å²) in [5.74, 6) is -4.69. The molecule has 11 heteroatoms. The average Bonchev–Trinajstić information content (AvgIpc) is 2.72. The van der Waals surface area contributed by atoms with Crippen molar-refractivity contribution in [3.63, 3.8) is 0 Å². The number of anilines is 2. The minimum absolute atomic E-state index is 0.00796. The Kier molecular flexibility index (Phi) is 7.48. The van der Waals surface area contributed by atoms with Crippen LogP contribution in [0.3, 0.4) is 0 Å². The first-order valence-corrected chi connectivity index (χ1v) is 10.8. The van der Waals surface area contributed by atoms with E-state index in [9.17, 15) is 27.6 Å². The van der Waals surface area contributed by atoms with Crippen LogP contribution in [0.25, 0.3) is 0 Å². The molecule has 0 saturated carbocycles. The number of aromatic carboxylic acids is 2. The highest BCUT2D eigenvalue weighted by molar-refractivity contribution is 7.91. The van der Waals surface area contributed by atoms with E-state index in [0.717, 1.165) is 0 Å². The molecule has 2 aromatic rings. The maximum Gasteiger partial charge on any atom is 0.335 e. The van der Waals surface area contributed by atoms with Crippen molar-refractivity contribution in [2.24, 2.45) is 5.73 Å². The van der Waals surface area contributed by atoms with Crippen molar-refractivity contribution in [3.8, 4) is 0 Å². The van der Waals surface area contributed by atoms with E-state index in [1.165, 1.54) is 53.4 Å². The SMILES string of the molecule is NC(=O)CCS(=O)(=O)CCC(=O)N(c1ccc(C(=O)O)cc1)c1ccc(C(=O)O)cc1. The van der Waals surface area contributed by atoms with Crippen molar-refractivity contribution in [2.75, 3.05) is 16.4 Å². The molecular weight excluding hydrogens is 428 g/mol. The molecule has 10 nitrogen and oxygen atoms in total. The number of rotatable bonds is 10. The second kappa shape index (κ2) is 9.85. The minimum atomic E-state index is -3.71. The molecule has 164 valence electrons. The quantitative estimate of drug-likeness (QED) is 0.489. The Bertz CT molecular complexity index is 1040. The topological polar surface area (TPSA) is 172 Å². The molecule has 2 amide bonds.